The van der Waals surface area contributed by atoms with Gasteiger partial charge in [-0.05, 0) is 36.8 Å². The van der Waals surface area contributed by atoms with E-state index in [2.05, 4.69) is 4.74 Å². The van der Waals surface area contributed by atoms with Gasteiger partial charge in [0.25, 0.3) is 0 Å². The molecule has 29 heavy (non-hydrogen) atoms. The molecule has 2 unspecified atom stereocenters. The van der Waals surface area contributed by atoms with Crippen molar-refractivity contribution in [1.29, 1.82) is 0 Å². The first kappa shape index (κ1) is 22.9. The highest BCUT2D eigenvalue weighted by atomic mass is 19.4. The fourth-order valence-corrected chi connectivity index (χ4v) is 3.10. The minimum atomic E-state index is -5.04. The number of aliphatic hydroxyl groups is 1. The van der Waals surface area contributed by atoms with E-state index in [1.807, 2.05) is 0 Å². The Bertz CT molecular complexity index is 803. The number of esters is 1. The van der Waals surface area contributed by atoms with Crippen LogP contribution in [0.3, 0.4) is 0 Å². The van der Waals surface area contributed by atoms with Crippen molar-refractivity contribution in [2.45, 2.75) is 51.0 Å². The summed E-state index contributed by atoms with van der Waals surface area (Å²) in [4.78, 5) is 22.5. The molecular weight excluding hydrogens is 406 g/mol. The van der Waals surface area contributed by atoms with Crippen molar-refractivity contribution < 1.29 is 45.8 Å². The number of Topliss-reactive ketones (excluding diaryl/α,β-unsaturated/α-hetero) is 1. The summed E-state index contributed by atoms with van der Waals surface area (Å²) in [7, 11) is 0. The minimum Gasteiger partial charge on any atom is -0.429 e. The molecule has 0 amide bonds. The number of cyclic esters (lactones) is 1. The lowest BCUT2D eigenvalue weighted by molar-refractivity contribution is -0.172. The highest BCUT2D eigenvalue weighted by molar-refractivity contribution is 5.87. The quantitative estimate of drug-likeness (QED) is 0.280. The van der Waals surface area contributed by atoms with E-state index in [-0.39, 0.29) is 24.0 Å². The maximum absolute atomic E-state index is 13.6. The van der Waals surface area contributed by atoms with Gasteiger partial charge in [0.1, 0.15) is 5.82 Å². The van der Waals surface area contributed by atoms with E-state index >= 15 is 0 Å². The Morgan fingerprint density at radius 1 is 1.07 bits per heavy atom. The number of aryl methyl sites for hydroxylation is 1. The number of aliphatic hydroxyl groups excluding tert-OH is 1. The molecule has 0 radical (unpaired) electrons. The Balaban J connectivity index is 1.92. The van der Waals surface area contributed by atoms with Crippen LogP contribution in [-0.2, 0) is 20.7 Å². The van der Waals surface area contributed by atoms with Gasteiger partial charge in [0, 0.05) is 24.1 Å². The predicted octanol–water partition coefficient (Wildman–Crippen LogP) is 4.15. The molecule has 0 bridgehead atoms. The van der Waals surface area contributed by atoms with E-state index in [0.29, 0.717) is 25.3 Å². The second-order valence-electron chi connectivity index (χ2n) is 6.71. The maximum atomic E-state index is 13.6. The monoisotopic (exact) mass is 424 g/mol. The number of ketones is 1. The van der Waals surface area contributed by atoms with E-state index in [1.54, 1.807) is 0 Å². The summed E-state index contributed by atoms with van der Waals surface area (Å²) in [6, 6.07) is 1.19. The molecule has 0 aliphatic carbocycles. The number of halogens is 6. The molecule has 0 fully saturated rings. The van der Waals surface area contributed by atoms with E-state index in [9.17, 15) is 41.0 Å². The average Bonchev–Trinajstić information content (AvgIpc) is 2.95. The Morgan fingerprint density at radius 2 is 1.72 bits per heavy atom. The molecule has 1 N–H and O–H groups in total. The fourth-order valence-electron chi connectivity index (χ4n) is 3.10. The second kappa shape index (κ2) is 9.43. The van der Waals surface area contributed by atoms with Gasteiger partial charge in [0.05, 0.1) is 0 Å². The molecule has 1 aliphatic heterocycles. The molecule has 1 aromatic rings. The zero-order valence-corrected chi connectivity index (χ0v) is 15.1. The van der Waals surface area contributed by atoms with Gasteiger partial charge in [0.2, 0.25) is 12.1 Å². The van der Waals surface area contributed by atoms with Crippen LogP contribution in [0.1, 0.15) is 37.7 Å². The molecule has 1 aliphatic rings. The first-order chi connectivity index (χ1) is 13.5. The summed E-state index contributed by atoms with van der Waals surface area (Å²) < 4.78 is 81.8. The topological polar surface area (TPSA) is 63.6 Å². The normalized spacial score (nSPS) is 17.8. The zero-order valence-electron chi connectivity index (χ0n) is 15.1. The lowest BCUT2D eigenvalue weighted by atomic mass is 9.88. The Labute approximate surface area is 162 Å². The zero-order chi connectivity index (χ0) is 21.8. The van der Waals surface area contributed by atoms with Gasteiger partial charge in [-0.3, -0.25) is 4.79 Å². The van der Waals surface area contributed by atoms with Crippen LogP contribution in [0.2, 0.25) is 0 Å². The highest BCUT2D eigenvalue weighted by Gasteiger charge is 2.41. The summed E-state index contributed by atoms with van der Waals surface area (Å²) in [5, 5.41) is 9.66. The van der Waals surface area contributed by atoms with E-state index in [0.717, 1.165) is 12.1 Å². The third-order valence-corrected chi connectivity index (χ3v) is 4.60. The summed E-state index contributed by atoms with van der Waals surface area (Å²) in [6.45, 7) is 0. The molecule has 1 heterocycles. The minimum absolute atomic E-state index is 0.0272. The molecular formula is C19H18F6O4. The van der Waals surface area contributed by atoms with Crippen LogP contribution in [0.5, 0.6) is 0 Å². The number of rotatable bonds is 9. The summed E-state index contributed by atoms with van der Waals surface area (Å²) in [6.07, 6.45) is -5.69. The Kier molecular flexibility index (Phi) is 7.45. The number of carbonyl (C=O) groups excluding carboxylic acids is 2. The van der Waals surface area contributed by atoms with Crippen LogP contribution in [0.15, 0.2) is 23.8 Å². The number of carbonyl (C=O) groups is 2. The summed E-state index contributed by atoms with van der Waals surface area (Å²) >= 11 is 0. The number of alkyl halides is 3. The summed E-state index contributed by atoms with van der Waals surface area (Å²) in [5.41, 5.74) is -0.125. The standard InChI is InChI=1S/C19H18F6O4/c20-13-9-15(22)14(21)6-11(13)5-3-1-2-4-10(7-16(26)19(23,24)25)12-8-17(27)29-18(12)28/h6,8-10,18,28H,1-5,7H2. The van der Waals surface area contributed by atoms with Gasteiger partial charge < -0.3 is 9.84 Å². The van der Waals surface area contributed by atoms with E-state index in [4.69, 9.17) is 0 Å². The number of hydrogen-bond donors (Lipinski definition) is 1. The number of hydrogen-bond acceptors (Lipinski definition) is 4. The van der Waals surface area contributed by atoms with Crippen molar-refractivity contribution in [3.63, 3.8) is 0 Å². The Hall–Kier alpha value is -2.36. The van der Waals surface area contributed by atoms with Crippen molar-refractivity contribution in [2.24, 2.45) is 5.92 Å². The number of unbranched alkanes of at least 4 members (excludes halogenated alkanes) is 2. The fraction of sp³-hybridized carbons (Fsp3) is 0.474. The van der Waals surface area contributed by atoms with Crippen LogP contribution in [0.25, 0.3) is 0 Å². The predicted molar refractivity (Wildman–Crippen MR) is 87.8 cm³/mol. The van der Waals surface area contributed by atoms with Crippen LogP contribution in [-0.4, -0.2) is 29.3 Å². The lowest BCUT2D eigenvalue weighted by Crippen LogP contribution is -2.27. The molecule has 2 rings (SSSR count). The van der Waals surface area contributed by atoms with Crippen LogP contribution in [0.4, 0.5) is 26.3 Å². The average molecular weight is 424 g/mol. The van der Waals surface area contributed by atoms with Gasteiger partial charge in [-0.25, -0.2) is 18.0 Å². The molecule has 160 valence electrons. The van der Waals surface area contributed by atoms with Crippen LogP contribution < -0.4 is 0 Å². The summed E-state index contributed by atoms with van der Waals surface area (Å²) in [5.74, 6) is -7.33. The van der Waals surface area contributed by atoms with E-state index < -0.39 is 54.0 Å². The first-order valence-corrected chi connectivity index (χ1v) is 8.82. The van der Waals surface area contributed by atoms with Gasteiger partial charge in [0.15, 0.2) is 11.6 Å². The molecule has 1 aromatic carbocycles. The van der Waals surface area contributed by atoms with Crippen molar-refractivity contribution in [3.8, 4) is 0 Å². The Morgan fingerprint density at radius 3 is 2.31 bits per heavy atom. The van der Waals surface area contributed by atoms with Crippen LogP contribution >= 0.6 is 0 Å². The number of ether oxygens (including phenoxy) is 1. The second-order valence-corrected chi connectivity index (χ2v) is 6.71. The molecule has 2 atom stereocenters. The largest absolute Gasteiger partial charge is 0.449 e. The molecule has 4 nitrogen and oxygen atoms in total. The number of benzene rings is 1. The molecule has 0 spiro atoms. The molecule has 0 aromatic heterocycles. The SMILES string of the molecule is O=C1C=C(C(CCCCCc2cc(F)c(F)cc2F)CC(=O)C(F)(F)F)C(O)O1. The third kappa shape index (κ3) is 6.31. The molecule has 10 heteroatoms. The maximum Gasteiger partial charge on any atom is 0.449 e. The first-order valence-electron chi connectivity index (χ1n) is 8.82. The van der Waals surface area contributed by atoms with Crippen molar-refractivity contribution >= 4 is 11.8 Å². The third-order valence-electron chi connectivity index (χ3n) is 4.60. The van der Waals surface area contributed by atoms with E-state index in [1.165, 1.54) is 0 Å². The van der Waals surface area contributed by atoms with Crippen molar-refractivity contribution in [2.75, 3.05) is 0 Å². The smallest absolute Gasteiger partial charge is 0.429 e. The van der Waals surface area contributed by atoms with Gasteiger partial charge in [-0.2, -0.15) is 13.2 Å². The van der Waals surface area contributed by atoms with Crippen molar-refractivity contribution in [3.05, 3.63) is 46.8 Å². The molecule has 0 saturated heterocycles. The highest BCUT2D eigenvalue weighted by Crippen LogP contribution is 2.32. The van der Waals surface area contributed by atoms with Gasteiger partial charge >= 0.3 is 12.1 Å². The molecule has 0 saturated carbocycles. The lowest BCUT2D eigenvalue weighted by Gasteiger charge is -2.20. The van der Waals surface area contributed by atoms with Gasteiger partial charge in [-0.15, -0.1) is 0 Å². The van der Waals surface area contributed by atoms with Crippen molar-refractivity contribution in [1.82, 2.24) is 0 Å². The van der Waals surface area contributed by atoms with Gasteiger partial charge in [-0.1, -0.05) is 12.8 Å². The van der Waals surface area contributed by atoms with Crippen LogP contribution in [0, 0.1) is 23.4 Å².